The Bertz CT molecular complexity index is 4080. The molecule has 9 heterocycles. The Hall–Kier alpha value is -7.49. The van der Waals surface area contributed by atoms with Crippen LogP contribution in [0.4, 0.5) is 35.1 Å². The second-order valence-electron chi connectivity index (χ2n) is 23.2. The minimum atomic E-state index is -3.27. The molecule has 3 aromatic carbocycles. The summed E-state index contributed by atoms with van der Waals surface area (Å²) in [6.45, 7) is 2.81. The second kappa shape index (κ2) is 34.0. The number of aliphatic hydroxyl groups is 2. The molecule has 12 rings (SSSR count). The topological polar surface area (TPSA) is 287 Å². The number of carbonyl (C=O) groups excluding carboxylic acids is 3. The van der Waals surface area contributed by atoms with Crippen molar-refractivity contribution in [1.29, 1.82) is 0 Å². The predicted octanol–water partition coefficient (Wildman–Crippen LogP) is 9.50. The van der Waals surface area contributed by atoms with Crippen molar-refractivity contribution >= 4 is 119 Å². The summed E-state index contributed by atoms with van der Waals surface area (Å²) in [5.74, 6) is -10.1. The lowest BCUT2D eigenvalue weighted by molar-refractivity contribution is -0.145. The number of hydrogen-bond acceptors (Lipinski definition) is 25. The van der Waals surface area contributed by atoms with E-state index >= 15 is 0 Å². The van der Waals surface area contributed by atoms with E-state index in [1.54, 1.807) is 66.5 Å². The van der Waals surface area contributed by atoms with Gasteiger partial charge in [-0.15, -0.1) is 34.0 Å². The molecule has 4 unspecified atom stereocenters. The third kappa shape index (κ3) is 18.5. The number of alkyl halides is 5. The molecule has 0 radical (unpaired) electrons. The molecule has 23 nitrogen and oxygen atoms in total. The van der Waals surface area contributed by atoms with Gasteiger partial charge in [0, 0.05) is 117 Å². The fourth-order valence-corrected chi connectivity index (χ4v) is 14.7. The van der Waals surface area contributed by atoms with Crippen LogP contribution in [0.25, 0.3) is 0 Å². The summed E-state index contributed by atoms with van der Waals surface area (Å²) in [4.78, 5) is 81.2. The lowest BCUT2D eigenvalue weighted by Gasteiger charge is -2.29. The number of thiazole rings is 3. The van der Waals surface area contributed by atoms with Gasteiger partial charge in [0.25, 0.3) is 11.8 Å². The van der Waals surface area contributed by atoms with E-state index < -0.39 is 115 Å². The van der Waals surface area contributed by atoms with E-state index in [9.17, 15) is 64.5 Å². The number of amidine groups is 3. The van der Waals surface area contributed by atoms with E-state index in [0.717, 1.165) is 6.07 Å². The molecule has 7 atom stereocenters. The predicted molar refractivity (Wildman–Crippen MR) is 368 cm³/mol. The van der Waals surface area contributed by atoms with E-state index in [1.807, 2.05) is 0 Å². The molecular weight excluding hydrogens is 1570 g/mol. The van der Waals surface area contributed by atoms with E-state index in [0.29, 0.717) is 69.6 Å². The number of rotatable bonds is 21. The molecule has 6 aromatic rings. The first-order valence-corrected chi connectivity index (χ1v) is 35.8. The zero-order chi connectivity index (χ0) is 73.3. The first-order valence-electron chi connectivity index (χ1n) is 31.2. The van der Waals surface area contributed by atoms with E-state index in [-0.39, 0.29) is 93.1 Å². The molecule has 544 valence electrons. The van der Waals surface area contributed by atoms with Crippen LogP contribution >= 0.6 is 77.5 Å². The van der Waals surface area contributed by atoms with Gasteiger partial charge in [-0.2, -0.15) is 0 Å². The molecule has 0 spiro atoms. The fraction of sp³-hybridized carbons (Fsp3) is 0.385. The van der Waals surface area contributed by atoms with Gasteiger partial charge < -0.3 is 50.2 Å². The number of likely N-dealkylation sites (tertiary alicyclic amines) is 3. The highest BCUT2D eigenvalue weighted by Gasteiger charge is 2.50. The third-order valence-electron chi connectivity index (χ3n) is 16.1. The van der Waals surface area contributed by atoms with Gasteiger partial charge in [-0.05, 0) is 68.3 Å². The number of aliphatic carboxylic acids is 1. The minimum Gasteiger partial charge on any atom is -0.480 e. The molecule has 0 saturated carbocycles. The van der Waals surface area contributed by atoms with Gasteiger partial charge in [0.2, 0.25) is 0 Å². The molecule has 3 fully saturated rings. The Morgan fingerprint density at radius 3 is 1.25 bits per heavy atom. The summed E-state index contributed by atoms with van der Waals surface area (Å²) in [5, 5.41) is 44.5. The number of carboxylic acids is 1. The van der Waals surface area contributed by atoms with Crippen molar-refractivity contribution in [3.05, 3.63) is 186 Å². The van der Waals surface area contributed by atoms with Crippen LogP contribution in [0.3, 0.4) is 0 Å². The van der Waals surface area contributed by atoms with Crippen molar-refractivity contribution in [2.75, 3.05) is 85.3 Å². The maximum atomic E-state index is 14.6. The van der Waals surface area contributed by atoms with Crippen LogP contribution in [0.2, 0.25) is 5.02 Å². The molecule has 3 aromatic heterocycles. The molecule has 102 heavy (non-hydrogen) atoms. The number of carbonyl (C=O) groups is 4. The average Bonchev–Trinajstić information content (AvgIpc) is 0.819. The minimum absolute atomic E-state index is 0.0137. The molecule has 3 saturated heterocycles. The van der Waals surface area contributed by atoms with Gasteiger partial charge >= 0.3 is 23.9 Å². The number of carboxylic acid groups (broad SMARTS) is 1. The van der Waals surface area contributed by atoms with Crippen molar-refractivity contribution in [2.24, 2.45) is 15.0 Å². The van der Waals surface area contributed by atoms with Crippen molar-refractivity contribution < 1.29 is 88.6 Å². The van der Waals surface area contributed by atoms with Gasteiger partial charge in [-0.1, -0.05) is 61.7 Å². The Labute approximate surface area is 611 Å². The van der Waals surface area contributed by atoms with Gasteiger partial charge in [0.1, 0.15) is 66.7 Å². The van der Waals surface area contributed by atoms with E-state index in [2.05, 4.69) is 72.7 Å². The average molecular weight is 1630 g/mol. The summed E-state index contributed by atoms with van der Waals surface area (Å²) < 4.78 is 134. The lowest BCUT2D eigenvalue weighted by atomic mass is 9.95. The van der Waals surface area contributed by atoms with Gasteiger partial charge in [0.15, 0.2) is 32.5 Å². The highest BCUT2D eigenvalue weighted by Crippen LogP contribution is 2.42. The normalized spacial score (nSPS) is 22.6. The lowest BCUT2D eigenvalue weighted by Crippen LogP contribution is -2.39. The SMILES string of the molecule is CCOC(=O)C1=C(CN2CC(F)C(OCC(=O)O)C2)NC(c2nccs2)=N[C@H]1c1ccc(F)cc1Br.CCOC(=O)C1=C(CN2CC(O)C(F)(F)C2)NC(c2nccs2)=N[C@H]1c1ccc(F)cc1Br.CCOC(=O)C1=C(CN2CC(O)C(F)(F)C2)NC(c2nccs2)=N[C@H]1c1ccc(F)cc1Cl. The summed E-state index contributed by atoms with van der Waals surface area (Å²) in [5.41, 5.74) is 2.78. The number of nitrogens with one attached hydrogen (secondary N) is 3. The first kappa shape index (κ1) is 77.1. The molecule has 0 bridgehead atoms. The van der Waals surface area contributed by atoms with Crippen LogP contribution in [-0.4, -0.2) is 208 Å². The van der Waals surface area contributed by atoms with Crippen molar-refractivity contribution in [3.8, 4) is 0 Å². The molecule has 0 aliphatic carbocycles. The number of β-amino-alcohol motifs (C(OH)–C–C–N with tert-alkyl or cyclic N) is 2. The summed E-state index contributed by atoms with van der Waals surface area (Å²) in [6.07, 6.45) is -1.14. The third-order valence-corrected chi connectivity index (χ3v) is 20.1. The Kier molecular flexibility index (Phi) is 25.7. The highest BCUT2D eigenvalue weighted by atomic mass is 79.9. The maximum absolute atomic E-state index is 14.6. The Balaban J connectivity index is 0.000000165. The number of aliphatic imine (C=N–C) groups is 3. The summed E-state index contributed by atoms with van der Waals surface area (Å²) >= 11 is 17.0. The molecule has 37 heteroatoms. The van der Waals surface area contributed by atoms with Gasteiger partial charge in [0.05, 0.1) is 49.6 Å². The summed E-state index contributed by atoms with van der Waals surface area (Å²) in [7, 11) is 0. The number of esters is 3. The molecule has 6 N–H and O–H groups in total. The zero-order valence-corrected chi connectivity index (χ0v) is 60.3. The molecule has 6 aliphatic heterocycles. The van der Waals surface area contributed by atoms with Crippen LogP contribution in [0, 0.1) is 17.5 Å². The van der Waals surface area contributed by atoms with Crippen LogP contribution in [-0.2, 0) is 38.1 Å². The molecular formula is C65H63Br2ClF8N12O11S3. The first-order chi connectivity index (χ1) is 48.6. The molecule has 0 amide bonds. The number of hydrogen-bond donors (Lipinski definition) is 6. The number of halogens is 11. The van der Waals surface area contributed by atoms with Gasteiger partial charge in [-0.25, -0.2) is 69.3 Å². The van der Waals surface area contributed by atoms with Crippen molar-refractivity contribution in [3.63, 3.8) is 0 Å². The molecule has 6 aliphatic rings. The quantitative estimate of drug-likeness (QED) is 0.0222. The second-order valence-corrected chi connectivity index (χ2v) is 28.0. The summed E-state index contributed by atoms with van der Waals surface area (Å²) in [6, 6.07) is 9.11. The number of benzene rings is 3. The van der Waals surface area contributed by atoms with Crippen LogP contribution in [0.15, 0.2) is 147 Å². The number of ether oxygens (including phenoxy) is 4. The monoisotopic (exact) mass is 1630 g/mol. The largest absolute Gasteiger partial charge is 0.480 e. The van der Waals surface area contributed by atoms with E-state index in [1.165, 1.54) is 86.3 Å². The van der Waals surface area contributed by atoms with Crippen LogP contribution in [0.5, 0.6) is 0 Å². The fourth-order valence-electron chi connectivity index (χ4n) is 11.6. The van der Waals surface area contributed by atoms with Crippen molar-refractivity contribution in [2.45, 2.75) is 75.2 Å². The van der Waals surface area contributed by atoms with Gasteiger partial charge in [-0.3, -0.25) is 29.7 Å². The zero-order valence-electron chi connectivity index (χ0n) is 53.9. The van der Waals surface area contributed by atoms with Crippen LogP contribution < -0.4 is 16.0 Å². The van der Waals surface area contributed by atoms with Crippen molar-refractivity contribution in [1.82, 2.24) is 45.6 Å². The number of aliphatic hydroxyl groups excluding tert-OH is 2. The Morgan fingerprint density at radius 2 is 0.931 bits per heavy atom. The number of nitrogens with zero attached hydrogens (tertiary/aromatic N) is 9. The standard InChI is InChI=1S/C23H23BrF2N4O5S.C21H20BrF3N4O3S.C21H20ClF3N4O3S/c1-2-34-23(33)19-16(9-30-8-15(26)17(10-30)35-11-18(31)32)28-21(22-27-5-6-36-22)29-20(19)13-4-3-12(25)7-14(13)24;2*1-2-32-20(31)16-14(8-29-9-15(30)21(24,25)10-29)27-18(19-26-5-6-33-19)28-17(16)12-4-3-11(23)7-13(12)22/h3-7,15,17,20H,2,8-11H2,1H3,(H,28,29)(H,31,32);2*3-7,15,17,30H,2,8-10H2,1H3,(H,27,28)/t15?,17?,20-;2*15?,17-/m000/s1. The number of aromatic nitrogens is 3. The van der Waals surface area contributed by atoms with E-state index in [4.69, 9.17) is 40.6 Å². The maximum Gasteiger partial charge on any atom is 0.338 e. The Morgan fingerprint density at radius 1 is 0.569 bits per heavy atom. The van der Waals surface area contributed by atoms with Crippen LogP contribution in [0.1, 0.15) is 70.6 Å². The smallest absolute Gasteiger partial charge is 0.338 e. The highest BCUT2D eigenvalue weighted by molar-refractivity contribution is 9.10.